The fourth-order valence-corrected chi connectivity index (χ4v) is 2.52. The van der Waals surface area contributed by atoms with Crippen molar-refractivity contribution in [3.05, 3.63) is 53.6 Å². The fourth-order valence-electron chi connectivity index (χ4n) is 2.52. The first kappa shape index (κ1) is 21.7. The molecule has 2 rings (SSSR count). The van der Waals surface area contributed by atoms with Gasteiger partial charge in [-0.15, -0.1) is 0 Å². The van der Waals surface area contributed by atoms with Crippen molar-refractivity contribution in [2.75, 3.05) is 26.1 Å². The second kappa shape index (κ2) is 10.7. The first-order valence-electron chi connectivity index (χ1n) is 8.91. The van der Waals surface area contributed by atoms with Crippen molar-refractivity contribution in [3.8, 4) is 11.5 Å². The maximum absolute atomic E-state index is 11.9. The summed E-state index contributed by atoms with van der Waals surface area (Å²) >= 11 is 0. The number of carbonyl (C=O) groups is 3. The molecule has 0 aliphatic heterocycles. The van der Waals surface area contributed by atoms with Crippen LogP contribution in [0.3, 0.4) is 0 Å². The second-order valence-corrected chi connectivity index (χ2v) is 6.18. The molecule has 0 aromatic heterocycles. The fraction of sp³-hybridized carbons (Fsp3) is 0.286. The molecule has 0 heterocycles. The number of anilines is 1. The molecule has 0 spiro atoms. The van der Waals surface area contributed by atoms with Gasteiger partial charge in [0, 0.05) is 19.2 Å². The van der Waals surface area contributed by atoms with E-state index in [4.69, 9.17) is 14.2 Å². The third kappa shape index (κ3) is 7.17. The molecular weight excluding hydrogens is 376 g/mol. The Morgan fingerprint density at radius 2 is 1.55 bits per heavy atom. The van der Waals surface area contributed by atoms with Crippen LogP contribution in [0, 0.1) is 0 Å². The van der Waals surface area contributed by atoms with E-state index in [0.717, 1.165) is 11.1 Å². The molecule has 2 aromatic carbocycles. The minimum Gasteiger partial charge on any atom is -0.493 e. The van der Waals surface area contributed by atoms with Crippen LogP contribution in [-0.2, 0) is 32.1 Å². The maximum Gasteiger partial charge on any atom is 0.310 e. The van der Waals surface area contributed by atoms with Crippen LogP contribution >= 0.6 is 0 Å². The number of esters is 1. The van der Waals surface area contributed by atoms with Crippen LogP contribution in [0.1, 0.15) is 18.1 Å². The summed E-state index contributed by atoms with van der Waals surface area (Å²) < 4.78 is 15.4. The Bertz CT molecular complexity index is 864. The number of carbonyl (C=O) groups excluding carboxylic acids is 3. The largest absolute Gasteiger partial charge is 0.493 e. The standard InChI is InChI=1S/C21H24N2O6/c1-14(24)23-17-7-4-15(5-8-17)11-21(26)29-13-20(25)22-12-16-6-9-18(27-2)19(10-16)28-3/h4-10H,11-13H2,1-3H3,(H,22,25)(H,23,24). The highest BCUT2D eigenvalue weighted by Gasteiger charge is 2.10. The molecule has 0 unspecified atom stereocenters. The zero-order chi connectivity index (χ0) is 21.2. The number of nitrogens with one attached hydrogen (secondary N) is 2. The Labute approximate surface area is 169 Å². The van der Waals surface area contributed by atoms with Gasteiger partial charge >= 0.3 is 5.97 Å². The zero-order valence-electron chi connectivity index (χ0n) is 16.6. The third-order valence-corrected chi connectivity index (χ3v) is 3.92. The Balaban J connectivity index is 1.75. The van der Waals surface area contributed by atoms with Gasteiger partial charge in [-0.3, -0.25) is 14.4 Å². The van der Waals surface area contributed by atoms with E-state index in [1.165, 1.54) is 14.0 Å². The van der Waals surface area contributed by atoms with Crippen molar-refractivity contribution in [2.24, 2.45) is 0 Å². The quantitative estimate of drug-likeness (QED) is 0.625. The Kier molecular flexibility index (Phi) is 8.02. The van der Waals surface area contributed by atoms with E-state index >= 15 is 0 Å². The predicted octanol–water partition coefficient (Wildman–Crippen LogP) is 2.06. The lowest BCUT2D eigenvalue weighted by molar-refractivity contribution is -0.147. The summed E-state index contributed by atoms with van der Waals surface area (Å²) in [5.41, 5.74) is 2.18. The molecule has 0 aliphatic carbocycles. The number of rotatable bonds is 9. The number of hydrogen-bond donors (Lipinski definition) is 2. The predicted molar refractivity (Wildman–Crippen MR) is 107 cm³/mol. The van der Waals surface area contributed by atoms with E-state index in [0.29, 0.717) is 17.2 Å². The Hall–Kier alpha value is -3.55. The van der Waals surface area contributed by atoms with Crippen LogP contribution in [0.4, 0.5) is 5.69 Å². The summed E-state index contributed by atoms with van der Waals surface area (Å²) in [6.45, 7) is 1.32. The highest BCUT2D eigenvalue weighted by atomic mass is 16.5. The van der Waals surface area contributed by atoms with Crippen LogP contribution in [-0.4, -0.2) is 38.6 Å². The van der Waals surface area contributed by atoms with Crippen LogP contribution in [0.5, 0.6) is 11.5 Å². The van der Waals surface area contributed by atoms with E-state index in [2.05, 4.69) is 10.6 Å². The summed E-state index contributed by atoms with van der Waals surface area (Å²) in [5, 5.41) is 5.32. The zero-order valence-corrected chi connectivity index (χ0v) is 16.6. The smallest absolute Gasteiger partial charge is 0.310 e. The van der Waals surface area contributed by atoms with Gasteiger partial charge in [-0.25, -0.2) is 0 Å². The molecule has 0 radical (unpaired) electrons. The lowest BCUT2D eigenvalue weighted by Gasteiger charge is -2.10. The van der Waals surface area contributed by atoms with E-state index in [9.17, 15) is 14.4 Å². The Morgan fingerprint density at radius 3 is 2.17 bits per heavy atom. The molecule has 0 saturated carbocycles. The molecule has 0 fully saturated rings. The van der Waals surface area contributed by atoms with Gasteiger partial charge in [0.25, 0.3) is 5.91 Å². The molecule has 0 atom stereocenters. The minimum atomic E-state index is -0.515. The van der Waals surface area contributed by atoms with E-state index in [1.807, 2.05) is 0 Å². The van der Waals surface area contributed by atoms with Gasteiger partial charge in [0.15, 0.2) is 18.1 Å². The van der Waals surface area contributed by atoms with Gasteiger partial charge in [-0.2, -0.15) is 0 Å². The first-order chi connectivity index (χ1) is 13.9. The van der Waals surface area contributed by atoms with Crippen molar-refractivity contribution in [1.82, 2.24) is 5.32 Å². The summed E-state index contributed by atoms with van der Waals surface area (Å²) in [7, 11) is 3.08. The van der Waals surface area contributed by atoms with Gasteiger partial charge in [0.2, 0.25) is 5.91 Å². The molecule has 2 aromatic rings. The number of ether oxygens (including phenoxy) is 3. The normalized spacial score (nSPS) is 10.0. The van der Waals surface area contributed by atoms with Crippen LogP contribution in [0.25, 0.3) is 0 Å². The number of amides is 2. The van der Waals surface area contributed by atoms with Crippen LogP contribution in [0.15, 0.2) is 42.5 Å². The molecule has 0 saturated heterocycles. The molecular formula is C21H24N2O6. The van der Waals surface area contributed by atoms with Crippen molar-refractivity contribution < 1.29 is 28.6 Å². The van der Waals surface area contributed by atoms with Gasteiger partial charge in [-0.05, 0) is 35.4 Å². The monoisotopic (exact) mass is 400 g/mol. The molecule has 8 nitrogen and oxygen atoms in total. The summed E-state index contributed by atoms with van der Waals surface area (Å²) in [4.78, 5) is 34.8. The van der Waals surface area contributed by atoms with Crippen molar-refractivity contribution in [1.29, 1.82) is 0 Å². The van der Waals surface area contributed by atoms with Gasteiger partial charge in [-0.1, -0.05) is 18.2 Å². The average molecular weight is 400 g/mol. The highest BCUT2D eigenvalue weighted by Crippen LogP contribution is 2.27. The number of benzene rings is 2. The number of methoxy groups -OCH3 is 2. The van der Waals surface area contributed by atoms with Crippen LogP contribution in [0.2, 0.25) is 0 Å². The van der Waals surface area contributed by atoms with Gasteiger partial charge in [0.05, 0.1) is 20.6 Å². The second-order valence-electron chi connectivity index (χ2n) is 6.18. The minimum absolute atomic E-state index is 0.0311. The third-order valence-electron chi connectivity index (χ3n) is 3.92. The molecule has 29 heavy (non-hydrogen) atoms. The molecule has 154 valence electrons. The number of hydrogen-bond acceptors (Lipinski definition) is 6. The summed E-state index contributed by atoms with van der Waals surface area (Å²) in [6.07, 6.45) is 0.0311. The first-order valence-corrected chi connectivity index (χ1v) is 8.91. The average Bonchev–Trinajstić information content (AvgIpc) is 2.71. The van der Waals surface area contributed by atoms with Gasteiger partial charge < -0.3 is 24.8 Å². The summed E-state index contributed by atoms with van der Waals surface area (Å²) in [5.74, 6) is 0.0701. The van der Waals surface area contributed by atoms with E-state index in [1.54, 1.807) is 49.6 Å². The lowest BCUT2D eigenvalue weighted by Crippen LogP contribution is -2.28. The highest BCUT2D eigenvalue weighted by molar-refractivity contribution is 5.88. The summed E-state index contributed by atoms with van der Waals surface area (Å²) in [6, 6.07) is 12.1. The van der Waals surface area contributed by atoms with Crippen molar-refractivity contribution in [3.63, 3.8) is 0 Å². The van der Waals surface area contributed by atoms with Crippen molar-refractivity contribution >= 4 is 23.5 Å². The molecule has 2 amide bonds. The maximum atomic E-state index is 11.9. The van der Waals surface area contributed by atoms with E-state index < -0.39 is 11.9 Å². The molecule has 0 aliphatic rings. The van der Waals surface area contributed by atoms with Gasteiger partial charge in [0.1, 0.15) is 0 Å². The van der Waals surface area contributed by atoms with E-state index in [-0.39, 0.29) is 25.5 Å². The Morgan fingerprint density at radius 1 is 0.897 bits per heavy atom. The van der Waals surface area contributed by atoms with Crippen LogP contribution < -0.4 is 20.1 Å². The molecule has 8 heteroatoms. The lowest BCUT2D eigenvalue weighted by atomic mass is 10.1. The molecule has 2 N–H and O–H groups in total. The van der Waals surface area contributed by atoms with Crippen molar-refractivity contribution in [2.45, 2.75) is 19.9 Å². The topological polar surface area (TPSA) is 103 Å². The molecule has 0 bridgehead atoms. The SMILES string of the molecule is COc1ccc(CNC(=O)COC(=O)Cc2ccc(NC(C)=O)cc2)cc1OC.